The van der Waals surface area contributed by atoms with E-state index in [1.165, 1.54) is 6.92 Å². The summed E-state index contributed by atoms with van der Waals surface area (Å²) in [6.45, 7) is 4.96. The highest BCUT2D eigenvalue weighted by Crippen LogP contribution is 2.65. The van der Waals surface area contributed by atoms with E-state index in [0.29, 0.717) is 6.42 Å². The summed E-state index contributed by atoms with van der Waals surface area (Å²) in [6, 6.07) is 0. The maximum absolute atomic E-state index is 13.6. The van der Waals surface area contributed by atoms with E-state index in [-0.39, 0.29) is 0 Å². The Hall–Kier alpha value is -1.13. The monoisotopic (exact) mass is 250 g/mol. The number of benzene rings is 1. The summed E-state index contributed by atoms with van der Waals surface area (Å²) in [5.74, 6) is -9.28. The molecular weight excluding hydrogens is 239 g/mol. The van der Waals surface area contributed by atoms with Crippen LogP contribution in [-0.4, -0.2) is 0 Å². The molecule has 2 rings (SSSR count). The van der Waals surface area contributed by atoms with Gasteiger partial charge in [-0.2, -0.15) is 0 Å². The largest absolute Gasteiger partial charge is 0.203 e. The minimum Gasteiger partial charge on any atom is -0.203 e. The number of rotatable bonds is 1. The second-order valence-corrected chi connectivity index (χ2v) is 5.34. The van der Waals surface area contributed by atoms with Gasteiger partial charge < -0.3 is 0 Å². The SMILES string of the molecule is CC1(C)CC1(C)c1c(F)c(F)c(F)c(F)c1F. The minimum absolute atomic E-state index is 0.387. The molecule has 1 fully saturated rings. The van der Waals surface area contributed by atoms with Crippen molar-refractivity contribution < 1.29 is 22.0 Å². The van der Waals surface area contributed by atoms with Gasteiger partial charge in [0.1, 0.15) is 0 Å². The van der Waals surface area contributed by atoms with Crippen LogP contribution >= 0.6 is 0 Å². The molecule has 1 aromatic carbocycles. The molecule has 1 unspecified atom stereocenters. The highest BCUT2D eigenvalue weighted by Gasteiger charge is 2.61. The predicted octanol–water partition coefficient (Wildman–Crippen LogP) is 4.07. The molecule has 1 atom stereocenters. The van der Waals surface area contributed by atoms with Crippen LogP contribution in [0.3, 0.4) is 0 Å². The van der Waals surface area contributed by atoms with Crippen molar-refractivity contribution in [1.29, 1.82) is 0 Å². The third-order valence-corrected chi connectivity index (χ3v) is 3.93. The van der Waals surface area contributed by atoms with Crippen molar-refractivity contribution >= 4 is 0 Å². The Labute approximate surface area is 95.4 Å². The molecule has 0 aromatic heterocycles. The highest BCUT2D eigenvalue weighted by molar-refractivity contribution is 5.39. The molecule has 0 N–H and O–H groups in total. The number of halogens is 5. The Morgan fingerprint density at radius 3 is 1.29 bits per heavy atom. The molecule has 1 aromatic rings. The average molecular weight is 250 g/mol. The molecule has 1 aliphatic rings. The van der Waals surface area contributed by atoms with Crippen molar-refractivity contribution in [3.63, 3.8) is 0 Å². The van der Waals surface area contributed by atoms with Crippen LogP contribution in [0.2, 0.25) is 0 Å². The summed E-state index contributed by atoms with van der Waals surface area (Å²) in [5.41, 5.74) is -2.17. The smallest absolute Gasteiger partial charge is 0.200 e. The quantitative estimate of drug-likeness (QED) is 0.400. The fraction of sp³-hybridized carbons (Fsp3) is 0.500. The van der Waals surface area contributed by atoms with Gasteiger partial charge in [-0.25, -0.2) is 22.0 Å². The van der Waals surface area contributed by atoms with Gasteiger partial charge in [-0.05, 0) is 11.8 Å². The topological polar surface area (TPSA) is 0 Å². The van der Waals surface area contributed by atoms with Crippen LogP contribution in [0.15, 0.2) is 0 Å². The maximum Gasteiger partial charge on any atom is 0.200 e. The van der Waals surface area contributed by atoms with E-state index in [1.807, 2.05) is 0 Å². The fourth-order valence-electron chi connectivity index (χ4n) is 2.36. The Morgan fingerprint density at radius 2 is 1.00 bits per heavy atom. The van der Waals surface area contributed by atoms with E-state index < -0.39 is 45.5 Å². The summed E-state index contributed by atoms with van der Waals surface area (Å²) < 4.78 is 66.1. The van der Waals surface area contributed by atoms with Crippen LogP contribution in [0.1, 0.15) is 32.8 Å². The summed E-state index contributed by atoms with van der Waals surface area (Å²) in [6.07, 6.45) is 0.387. The molecule has 94 valence electrons. The number of hydrogen-bond acceptors (Lipinski definition) is 0. The van der Waals surface area contributed by atoms with Crippen molar-refractivity contribution in [2.24, 2.45) is 5.41 Å². The minimum atomic E-state index is -2.11. The van der Waals surface area contributed by atoms with E-state index in [9.17, 15) is 22.0 Å². The van der Waals surface area contributed by atoms with E-state index in [1.54, 1.807) is 13.8 Å². The third kappa shape index (κ3) is 1.40. The molecule has 0 radical (unpaired) electrons. The predicted molar refractivity (Wildman–Crippen MR) is 52.0 cm³/mol. The molecule has 1 saturated carbocycles. The second-order valence-electron chi connectivity index (χ2n) is 5.34. The van der Waals surface area contributed by atoms with Crippen LogP contribution < -0.4 is 0 Å². The zero-order valence-electron chi connectivity index (χ0n) is 9.60. The molecule has 17 heavy (non-hydrogen) atoms. The lowest BCUT2D eigenvalue weighted by Crippen LogP contribution is -2.18. The molecule has 1 aliphatic carbocycles. The first kappa shape index (κ1) is 12.3. The summed E-state index contributed by atoms with van der Waals surface area (Å²) in [7, 11) is 0. The summed E-state index contributed by atoms with van der Waals surface area (Å²) in [4.78, 5) is 0. The van der Waals surface area contributed by atoms with Crippen molar-refractivity contribution in [2.75, 3.05) is 0 Å². The molecule has 0 nitrogen and oxygen atoms in total. The molecule has 0 aliphatic heterocycles. The molecule has 0 spiro atoms. The summed E-state index contributed by atoms with van der Waals surface area (Å²) >= 11 is 0. The lowest BCUT2D eigenvalue weighted by atomic mass is 9.88. The van der Waals surface area contributed by atoms with Crippen molar-refractivity contribution in [1.82, 2.24) is 0 Å². The first-order valence-electron chi connectivity index (χ1n) is 5.15. The van der Waals surface area contributed by atoms with Gasteiger partial charge in [0.25, 0.3) is 0 Å². The zero-order chi connectivity index (χ0) is 13.2. The Bertz CT molecular complexity index is 477. The normalized spacial score (nSPS) is 26.1. The molecular formula is C12H11F5. The van der Waals surface area contributed by atoms with Crippen molar-refractivity contribution in [2.45, 2.75) is 32.6 Å². The molecule has 0 amide bonds. The molecule has 0 heterocycles. The Kier molecular flexibility index (Phi) is 2.33. The molecule has 0 saturated heterocycles. The standard InChI is InChI=1S/C12H11F5/c1-11(2)4-12(11,3)5-6(13)8(15)10(17)9(16)7(5)14/h4H2,1-3H3. The van der Waals surface area contributed by atoms with Crippen LogP contribution in [0.5, 0.6) is 0 Å². The lowest BCUT2D eigenvalue weighted by Gasteiger charge is -2.18. The maximum atomic E-state index is 13.6. The summed E-state index contributed by atoms with van der Waals surface area (Å²) in [5, 5.41) is 0. The van der Waals surface area contributed by atoms with Crippen LogP contribution in [-0.2, 0) is 5.41 Å². The van der Waals surface area contributed by atoms with E-state index in [2.05, 4.69) is 0 Å². The van der Waals surface area contributed by atoms with Crippen molar-refractivity contribution in [3.8, 4) is 0 Å². The first-order chi connectivity index (χ1) is 7.63. The van der Waals surface area contributed by atoms with E-state index in [0.717, 1.165) is 0 Å². The first-order valence-corrected chi connectivity index (χ1v) is 5.15. The fourth-order valence-corrected chi connectivity index (χ4v) is 2.36. The lowest BCUT2D eigenvalue weighted by molar-refractivity contribution is 0.355. The van der Waals surface area contributed by atoms with Gasteiger partial charge >= 0.3 is 0 Å². The Balaban J connectivity index is 2.73. The van der Waals surface area contributed by atoms with Crippen LogP contribution in [0.4, 0.5) is 22.0 Å². The van der Waals surface area contributed by atoms with Gasteiger partial charge in [-0.1, -0.05) is 20.8 Å². The van der Waals surface area contributed by atoms with Crippen LogP contribution in [0, 0.1) is 34.5 Å². The van der Waals surface area contributed by atoms with Gasteiger partial charge in [-0.3, -0.25) is 0 Å². The number of hydrogen-bond donors (Lipinski definition) is 0. The van der Waals surface area contributed by atoms with E-state index in [4.69, 9.17) is 0 Å². The van der Waals surface area contributed by atoms with Gasteiger partial charge in [0.2, 0.25) is 5.82 Å². The second kappa shape index (κ2) is 3.21. The third-order valence-electron chi connectivity index (χ3n) is 3.93. The van der Waals surface area contributed by atoms with Gasteiger partial charge in [-0.15, -0.1) is 0 Å². The average Bonchev–Trinajstić information content (AvgIpc) is 2.73. The van der Waals surface area contributed by atoms with Gasteiger partial charge in [0.15, 0.2) is 23.3 Å². The van der Waals surface area contributed by atoms with Crippen LogP contribution in [0.25, 0.3) is 0 Å². The van der Waals surface area contributed by atoms with Gasteiger partial charge in [0, 0.05) is 11.0 Å². The molecule has 0 bridgehead atoms. The van der Waals surface area contributed by atoms with E-state index >= 15 is 0 Å². The molecule has 5 heteroatoms. The highest BCUT2D eigenvalue weighted by atomic mass is 19.2. The Morgan fingerprint density at radius 1 is 0.706 bits per heavy atom. The van der Waals surface area contributed by atoms with Gasteiger partial charge in [0.05, 0.1) is 0 Å². The zero-order valence-corrected chi connectivity index (χ0v) is 9.60. The van der Waals surface area contributed by atoms with Crippen molar-refractivity contribution in [3.05, 3.63) is 34.6 Å².